The van der Waals surface area contributed by atoms with Crippen LogP contribution in [0.25, 0.3) is 10.1 Å². The van der Waals surface area contributed by atoms with Crippen LogP contribution in [0, 0.1) is 11.3 Å². The largest absolute Gasteiger partial charge is 0.192 e. The molecule has 0 aliphatic rings. The zero-order chi connectivity index (χ0) is 10.1. The van der Waals surface area contributed by atoms with Gasteiger partial charge in [0.2, 0.25) is 0 Å². The van der Waals surface area contributed by atoms with Gasteiger partial charge in [-0.15, -0.1) is 35.7 Å². The molecule has 0 amide bonds. The second kappa shape index (κ2) is 3.85. The summed E-state index contributed by atoms with van der Waals surface area (Å²) in [5.74, 6) is 0. The predicted molar refractivity (Wildman–Crippen MR) is 65.6 cm³/mol. The maximum Gasteiger partial charge on any atom is 0.0998 e. The van der Waals surface area contributed by atoms with Crippen LogP contribution < -0.4 is 0 Å². The minimum atomic E-state index is 0.739. The van der Waals surface area contributed by atoms with Gasteiger partial charge < -0.3 is 0 Å². The summed E-state index contributed by atoms with van der Waals surface area (Å²) in [4.78, 5) is 2.11. The van der Waals surface area contributed by atoms with E-state index in [1.54, 1.807) is 23.1 Å². The van der Waals surface area contributed by atoms with Crippen LogP contribution in [0.5, 0.6) is 0 Å². The van der Waals surface area contributed by atoms with Gasteiger partial charge in [0.15, 0.2) is 0 Å². The van der Waals surface area contributed by atoms with Gasteiger partial charge in [-0.2, -0.15) is 5.26 Å². The average Bonchev–Trinajstić information content (AvgIpc) is 2.63. The first-order valence-corrected chi connectivity index (χ1v) is 6.50. The number of nitrogens with zero attached hydrogens (tertiary/aromatic N) is 1. The van der Waals surface area contributed by atoms with Crippen molar-refractivity contribution in [2.24, 2.45) is 0 Å². The third-order valence-electron chi connectivity index (χ3n) is 2.01. The lowest BCUT2D eigenvalue weighted by Crippen LogP contribution is -1.78. The van der Waals surface area contributed by atoms with Crippen LogP contribution in [0.15, 0.2) is 27.3 Å². The Kier molecular flexibility index (Phi) is 2.73. The number of nitriles is 1. The first-order chi connectivity index (χ1) is 6.77. The Hall–Kier alpha value is -0.630. The summed E-state index contributed by atoms with van der Waals surface area (Å²) in [6, 6.07) is 5.93. The van der Waals surface area contributed by atoms with Crippen molar-refractivity contribution in [3.05, 3.63) is 23.1 Å². The van der Waals surface area contributed by atoms with E-state index in [2.05, 4.69) is 24.1 Å². The summed E-state index contributed by atoms with van der Waals surface area (Å²) >= 11 is 7.70. The molecule has 0 bridgehead atoms. The van der Waals surface area contributed by atoms with Gasteiger partial charge in [-0.25, -0.2) is 0 Å². The highest BCUT2D eigenvalue weighted by Crippen LogP contribution is 2.37. The van der Waals surface area contributed by atoms with Crippen LogP contribution in [0.2, 0.25) is 0 Å². The third kappa shape index (κ3) is 1.42. The van der Waals surface area contributed by atoms with E-state index in [0.717, 1.165) is 25.4 Å². The second-order valence-corrected chi connectivity index (χ2v) is 4.96. The molecule has 2 rings (SSSR count). The summed E-state index contributed by atoms with van der Waals surface area (Å²) in [6.07, 6.45) is 2.02. The van der Waals surface area contributed by atoms with Crippen LogP contribution in [-0.2, 0) is 0 Å². The van der Waals surface area contributed by atoms with Gasteiger partial charge >= 0.3 is 0 Å². The van der Waals surface area contributed by atoms with Crippen LogP contribution in [-0.4, -0.2) is 6.26 Å². The SMILES string of the molecule is CSc1csc2c(S)ccc(C#N)c12. The highest BCUT2D eigenvalue weighted by Gasteiger charge is 2.10. The van der Waals surface area contributed by atoms with E-state index >= 15 is 0 Å². The predicted octanol–water partition coefficient (Wildman–Crippen LogP) is 3.78. The van der Waals surface area contributed by atoms with Gasteiger partial charge in [0.05, 0.1) is 16.3 Å². The third-order valence-corrected chi connectivity index (χ3v) is 4.46. The molecule has 0 saturated heterocycles. The van der Waals surface area contributed by atoms with Crippen molar-refractivity contribution in [2.45, 2.75) is 9.79 Å². The molecule has 2 aromatic rings. The monoisotopic (exact) mass is 237 g/mol. The Morgan fingerprint density at radius 3 is 2.93 bits per heavy atom. The molecule has 0 saturated carbocycles. The van der Waals surface area contributed by atoms with Crippen molar-refractivity contribution in [1.29, 1.82) is 5.26 Å². The number of hydrogen-bond donors (Lipinski definition) is 1. The molecule has 70 valence electrons. The topological polar surface area (TPSA) is 23.8 Å². The van der Waals surface area contributed by atoms with Crippen molar-refractivity contribution >= 4 is 45.8 Å². The van der Waals surface area contributed by atoms with Crippen molar-refractivity contribution in [2.75, 3.05) is 6.26 Å². The van der Waals surface area contributed by atoms with E-state index in [1.165, 1.54) is 0 Å². The fourth-order valence-corrected chi connectivity index (χ4v) is 3.57. The van der Waals surface area contributed by atoms with Crippen LogP contribution in [0.1, 0.15) is 5.56 Å². The molecular weight excluding hydrogens is 230 g/mol. The summed E-state index contributed by atoms with van der Waals surface area (Å²) in [5, 5.41) is 12.1. The summed E-state index contributed by atoms with van der Waals surface area (Å²) in [6.45, 7) is 0. The van der Waals surface area contributed by atoms with Gasteiger partial charge in [0.25, 0.3) is 0 Å². The minimum absolute atomic E-state index is 0.739. The van der Waals surface area contributed by atoms with Crippen molar-refractivity contribution < 1.29 is 0 Å². The molecule has 1 nitrogen and oxygen atoms in total. The molecule has 0 aliphatic carbocycles. The Bertz CT molecular complexity index is 522. The number of thiol groups is 1. The maximum absolute atomic E-state index is 8.99. The molecule has 1 aromatic heterocycles. The highest BCUT2D eigenvalue weighted by atomic mass is 32.2. The molecular formula is C10H7NS3. The number of fused-ring (bicyclic) bond motifs is 1. The molecule has 0 aliphatic heterocycles. The zero-order valence-electron chi connectivity index (χ0n) is 7.44. The Morgan fingerprint density at radius 2 is 2.29 bits per heavy atom. The van der Waals surface area contributed by atoms with E-state index in [-0.39, 0.29) is 0 Å². The normalized spacial score (nSPS) is 10.4. The molecule has 14 heavy (non-hydrogen) atoms. The first kappa shape index (κ1) is 9.91. The van der Waals surface area contributed by atoms with E-state index in [1.807, 2.05) is 18.4 Å². The fraction of sp³-hybridized carbons (Fsp3) is 0.100. The van der Waals surface area contributed by atoms with Crippen molar-refractivity contribution in [1.82, 2.24) is 0 Å². The van der Waals surface area contributed by atoms with E-state index in [4.69, 9.17) is 5.26 Å². The van der Waals surface area contributed by atoms with Crippen molar-refractivity contribution in [3.63, 3.8) is 0 Å². The lowest BCUT2D eigenvalue weighted by atomic mass is 10.1. The zero-order valence-corrected chi connectivity index (χ0v) is 9.97. The van der Waals surface area contributed by atoms with Gasteiger partial charge in [0.1, 0.15) is 0 Å². The summed E-state index contributed by atoms with van der Waals surface area (Å²) in [7, 11) is 0. The molecule has 0 radical (unpaired) electrons. The quantitative estimate of drug-likeness (QED) is 0.602. The molecule has 0 unspecified atom stereocenters. The number of thioether (sulfide) groups is 1. The van der Waals surface area contributed by atoms with Gasteiger partial charge in [-0.3, -0.25) is 0 Å². The average molecular weight is 237 g/mol. The summed E-state index contributed by atoms with van der Waals surface area (Å²) in [5.41, 5.74) is 0.739. The molecule has 1 aromatic carbocycles. The standard InChI is InChI=1S/C10H7NS3/c1-13-8-5-14-10-7(12)3-2-6(4-11)9(8)10/h2-3,5,12H,1H3. The van der Waals surface area contributed by atoms with Crippen LogP contribution in [0.4, 0.5) is 0 Å². The van der Waals surface area contributed by atoms with Crippen molar-refractivity contribution in [3.8, 4) is 6.07 Å². The smallest absolute Gasteiger partial charge is 0.0998 e. The number of benzene rings is 1. The number of rotatable bonds is 1. The highest BCUT2D eigenvalue weighted by molar-refractivity contribution is 7.99. The fourth-order valence-electron chi connectivity index (χ4n) is 1.35. The number of hydrogen-bond acceptors (Lipinski definition) is 4. The second-order valence-electron chi connectivity index (χ2n) is 2.75. The maximum atomic E-state index is 8.99. The number of thiophene rings is 1. The van der Waals surface area contributed by atoms with E-state index in [9.17, 15) is 0 Å². The van der Waals surface area contributed by atoms with Gasteiger partial charge in [-0.05, 0) is 18.4 Å². The van der Waals surface area contributed by atoms with Gasteiger partial charge in [0, 0.05) is 20.6 Å². The first-order valence-electron chi connectivity index (χ1n) is 3.95. The Balaban J connectivity index is 2.90. The van der Waals surface area contributed by atoms with Crippen LogP contribution >= 0.6 is 35.7 Å². The summed E-state index contributed by atoms with van der Waals surface area (Å²) < 4.78 is 1.11. The molecule has 0 spiro atoms. The van der Waals surface area contributed by atoms with Gasteiger partial charge in [-0.1, -0.05) is 0 Å². The molecule has 0 N–H and O–H groups in total. The van der Waals surface area contributed by atoms with E-state index in [0.29, 0.717) is 0 Å². The molecule has 0 fully saturated rings. The van der Waals surface area contributed by atoms with Crippen LogP contribution in [0.3, 0.4) is 0 Å². The minimum Gasteiger partial charge on any atom is -0.192 e. The lowest BCUT2D eigenvalue weighted by molar-refractivity contribution is 1.47. The Labute approximate surface area is 96.2 Å². The lowest BCUT2D eigenvalue weighted by Gasteiger charge is -1.99. The van der Waals surface area contributed by atoms with E-state index < -0.39 is 0 Å². The molecule has 0 atom stereocenters. The Morgan fingerprint density at radius 1 is 1.50 bits per heavy atom. The molecule has 1 heterocycles. The molecule has 4 heteroatoms.